The van der Waals surface area contributed by atoms with E-state index in [9.17, 15) is 19.5 Å². The molecule has 31 heavy (non-hydrogen) atoms. The highest BCUT2D eigenvalue weighted by Crippen LogP contribution is 2.10. The highest BCUT2D eigenvalue weighted by molar-refractivity contribution is 5.89. The van der Waals surface area contributed by atoms with Gasteiger partial charge in [0.1, 0.15) is 18.7 Å². The average Bonchev–Trinajstić information content (AvgIpc) is 2.76. The number of amides is 2. The largest absolute Gasteiger partial charge is 0.480 e. The first-order valence-electron chi connectivity index (χ1n) is 9.82. The lowest BCUT2D eigenvalue weighted by atomic mass is 9.98. The highest BCUT2D eigenvalue weighted by Gasteiger charge is 2.30. The number of rotatable bonds is 10. The third-order valence-corrected chi connectivity index (χ3v) is 4.65. The molecule has 0 fully saturated rings. The van der Waals surface area contributed by atoms with Crippen molar-refractivity contribution in [2.24, 2.45) is 5.92 Å². The van der Waals surface area contributed by atoms with E-state index in [1.165, 1.54) is 0 Å². The molecule has 0 bridgehead atoms. The summed E-state index contributed by atoms with van der Waals surface area (Å²) in [6, 6.07) is 17.7. The van der Waals surface area contributed by atoms with E-state index >= 15 is 0 Å². The third kappa shape index (κ3) is 7.82. The second-order valence-electron chi connectivity index (χ2n) is 7.11. The van der Waals surface area contributed by atoms with Crippen LogP contribution in [0.25, 0.3) is 0 Å². The Morgan fingerprint density at radius 1 is 1.00 bits per heavy atom. The monoisotopic (exact) mass is 423 g/mol. The molecule has 0 saturated carbocycles. The molecular formula is C23H25N3O5. The Balaban J connectivity index is 2.09. The summed E-state index contributed by atoms with van der Waals surface area (Å²) >= 11 is 0. The molecule has 0 radical (unpaired) electrons. The first kappa shape index (κ1) is 23.4. The van der Waals surface area contributed by atoms with E-state index < -0.39 is 36.0 Å². The lowest BCUT2D eigenvalue weighted by Gasteiger charge is -2.24. The van der Waals surface area contributed by atoms with Gasteiger partial charge in [0.05, 0.1) is 6.07 Å². The average molecular weight is 423 g/mol. The van der Waals surface area contributed by atoms with Gasteiger partial charge in [-0.3, -0.25) is 4.79 Å². The summed E-state index contributed by atoms with van der Waals surface area (Å²) < 4.78 is 5.20. The fraction of sp³-hybridized carbons (Fsp3) is 0.304. The van der Waals surface area contributed by atoms with Crippen LogP contribution >= 0.6 is 0 Å². The van der Waals surface area contributed by atoms with Gasteiger partial charge < -0.3 is 20.5 Å². The maximum absolute atomic E-state index is 12.9. The van der Waals surface area contributed by atoms with Crippen molar-refractivity contribution >= 4 is 18.0 Å². The molecule has 2 aromatic carbocycles. The van der Waals surface area contributed by atoms with E-state index in [1.807, 2.05) is 30.3 Å². The molecule has 162 valence electrons. The van der Waals surface area contributed by atoms with Crippen LogP contribution in [0.4, 0.5) is 4.79 Å². The van der Waals surface area contributed by atoms with E-state index in [0.717, 1.165) is 11.1 Å². The molecule has 2 rings (SSSR count). The molecule has 8 nitrogen and oxygen atoms in total. The zero-order chi connectivity index (χ0) is 22.6. The van der Waals surface area contributed by atoms with Gasteiger partial charge in [-0.2, -0.15) is 5.26 Å². The van der Waals surface area contributed by atoms with Gasteiger partial charge in [-0.05, 0) is 11.1 Å². The summed E-state index contributed by atoms with van der Waals surface area (Å²) in [6.45, 7) is 1.60. The number of benzene rings is 2. The summed E-state index contributed by atoms with van der Waals surface area (Å²) in [5.41, 5.74) is 1.57. The summed E-state index contributed by atoms with van der Waals surface area (Å²) in [6.07, 6.45) is -0.684. The number of nitrogens with zero attached hydrogens (tertiary/aromatic N) is 1. The fourth-order valence-corrected chi connectivity index (χ4v) is 2.93. The first-order chi connectivity index (χ1) is 14.9. The summed E-state index contributed by atoms with van der Waals surface area (Å²) in [4.78, 5) is 36.7. The van der Waals surface area contributed by atoms with Crippen molar-refractivity contribution in [2.75, 3.05) is 0 Å². The van der Waals surface area contributed by atoms with Gasteiger partial charge in [-0.15, -0.1) is 0 Å². The second-order valence-corrected chi connectivity index (χ2v) is 7.11. The number of carbonyl (C=O) groups is 3. The molecule has 0 saturated heterocycles. The van der Waals surface area contributed by atoms with E-state index in [0.29, 0.717) is 0 Å². The van der Waals surface area contributed by atoms with Gasteiger partial charge in [0, 0.05) is 18.8 Å². The molecule has 0 aliphatic carbocycles. The van der Waals surface area contributed by atoms with Crippen LogP contribution in [0.1, 0.15) is 24.5 Å². The van der Waals surface area contributed by atoms with Gasteiger partial charge in [0.25, 0.3) is 0 Å². The number of ether oxygens (including phenoxy) is 1. The number of hydrogen-bond donors (Lipinski definition) is 3. The van der Waals surface area contributed by atoms with Crippen molar-refractivity contribution in [1.82, 2.24) is 10.6 Å². The van der Waals surface area contributed by atoms with Gasteiger partial charge in [-0.25, -0.2) is 9.59 Å². The molecule has 0 aliphatic rings. The number of aliphatic carboxylic acids is 1. The lowest BCUT2D eigenvalue weighted by Crippen LogP contribution is -2.54. The van der Waals surface area contributed by atoms with Gasteiger partial charge in [-0.1, -0.05) is 67.6 Å². The standard InChI is InChI=1S/C23H25N3O5/c1-16(12-13-24)20(22(28)29)26-21(27)19(14-17-8-4-2-5-9-17)25-23(30)31-15-18-10-6-3-7-11-18/h2-11,16,19-20H,12,14-15H2,1H3,(H,25,30)(H,26,27)(H,28,29)/t16-,19-,20+/m0/s1. The molecule has 0 aromatic heterocycles. The summed E-state index contributed by atoms with van der Waals surface area (Å²) in [5.74, 6) is -2.52. The minimum absolute atomic E-state index is 0.0311. The van der Waals surface area contributed by atoms with Crippen molar-refractivity contribution in [3.05, 3.63) is 71.8 Å². The Labute approximate surface area is 180 Å². The smallest absolute Gasteiger partial charge is 0.408 e. The molecule has 2 amide bonds. The van der Waals surface area contributed by atoms with Crippen LogP contribution in [-0.2, 0) is 27.4 Å². The van der Waals surface area contributed by atoms with Crippen molar-refractivity contribution in [2.45, 2.75) is 38.5 Å². The second kappa shape index (κ2) is 12.0. The van der Waals surface area contributed by atoms with Crippen LogP contribution < -0.4 is 10.6 Å². The third-order valence-electron chi connectivity index (χ3n) is 4.65. The van der Waals surface area contributed by atoms with Crippen LogP contribution in [0.5, 0.6) is 0 Å². The van der Waals surface area contributed by atoms with Gasteiger partial charge in [0.15, 0.2) is 0 Å². The summed E-state index contributed by atoms with van der Waals surface area (Å²) in [7, 11) is 0. The molecular weight excluding hydrogens is 398 g/mol. The minimum Gasteiger partial charge on any atom is -0.480 e. The molecule has 0 unspecified atom stereocenters. The van der Waals surface area contributed by atoms with Crippen LogP contribution in [0, 0.1) is 17.2 Å². The van der Waals surface area contributed by atoms with Gasteiger partial charge >= 0.3 is 12.1 Å². The van der Waals surface area contributed by atoms with E-state index in [1.54, 1.807) is 43.3 Å². The number of nitrogens with one attached hydrogen (secondary N) is 2. The number of carbonyl (C=O) groups excluding carboxylic acids is 2. The van der Waals surface area contributed by atoms with Crippen LogP contribution in [0.3, 0.4) is 0 Å². The Kier molecular flexibility index (Phi) is 9.05. The summed E-state index contributed by atoms with van der Waals surface area (Å²) in [5, 5.41) is 23.3. The molecule has 0 aliphatic heterocycles. The van der Waals surface area contributed by atoms with Crippen molar-refractivity contribution < 1.29 is 24.2 Å². The molecule has 8 heteroatoms. The molecule has 0 spiro atoms. The Morgan fingerprint density at radius 3 is 2.13 bits per heavy atom. The van der Waals surface area contributed by atoms with Gasteiger partial charge in [0.2, 0.25) is 5.91 Å². The number of alkyl carbamates (subject to hydrolysis) is 1. The minimum atomic E-state index is -1.26. The molecule has 3 N–H and O–H groups in total. The van der Waals surface area contributed by atoms with E-state index in [-0.39, 0.29) is 19.4 Å². The highest BCUT2D eigenvalue weighted by atomic mass is 16.5. The quantitative estimate of drug-likeness (QED) is 0.539. The Hall–Kier alpha value is -3.86. The lowest BCUT2D eigenvalue weighted by molar-refractivity contribution is -0.143. The van der Waals surface area contributed by atoms with Crippen molar-refractivity contribution in [3.63, 3.8) is 0 Å². The maximum atomic E-state index is 12.9. The Morgan fingerprint density at radius 2 is 1.58 bits per heavy atom. The number of carboxylic acid groups (broad SMARTS) is 1. The number of nitriles is 1. The van der Waals surface area contributed by atoms with Crippen molar-refractivity contribution in [3.8, 4) is 6.07 Å². The van der Waals surface area contributed by atoms with Crippen molar-refractivity contribution in [1.29, 1.82) is 5.26 Å². The predicted molar refractivity (Wildman–Crippen MR) is 113 cm³/mol. The SMILES string of the molecule is C[C@@H](CC#N)[C@@H](NC(=O)[C@H](Cc1ccccc1)NC(=O)OCc1ccccc1)C(=O)O. The molecule has 3 atom stereocenters. The topological polar surface area (TPSA) is 129 Å². The predicted octanol–water partition coefficient (Wildman–Crippen LogP) is 2.64. The fourth-order valence-electron chi connectivity index (χ4n) is 2.93. The van der Waals surface area contributed by atoms with Crippen LogP contribution in [0.15, 0.2) is 60.7 Å². The molecule has 0 heterocycles. The number of carboxylic acids is 1. The van der Waals surface area contributed by atoms with E-state index in [2.05, 4.69) is 10.6 Å². The Bertz CT molecular complexity index is 912. The van der Waals surface area contributed by atoms with Crippen LogP contribution in [0.2, 0.25) is 0 Å². The zero-order valence-corrected chi connectivity index (χ0v) is 17.2. The zero-order valence-electron chi connectivity index (χ0n) is 17.2. The maximum Gasteiger partial charge on any atom is 0.408 e. The normalized spacial score (nSPS) is 13.2. The number of hydrogen-bond acceptors (Lipinski definition) is 5. The molecule has 2 aromatic rings. The van der Waals surface area contributed by atoms with Crippen LogP contribution in [-0.4, -0.2) is 35.2 Å². The van der Waals surface area contributed by atoms with E-state index in [4.69, 9.17) is 10.00 Å². The first-order valence-corrected chi connectivity index (χ1v) is 9.82.